The van der Waals surface area contributed by atoms with Crippen molar-refractivity contribution in [2.45, 2.75) is 7.43 Å². The molecule has 0 fully saturated rings. The fourth-order valence-corrected chi connectivity index (χ4v) is 0.627. The van der Waals surface area contributed by atoms with Crippen molar-refractivity contribution in [3.63, 3.8) is 0 Å². The van der Waals surface area contributed by atoms with E-state index in [-0.39, 0.29) is 13.2 Å². The summed E-state index contributed by atoms with van der Waals surface area (Å²) in [5.41, 5.74) is 0.750. The molecule has 0 aromatic heterocycles. The molecule has 0 saturated carbocycles. The van der Waals surface area contributed by atoms with Crippen molar-refractivity contribution in [2.75, 3.05) is 0 Å². The van der Waals surface area contributed by atoms with Crippen molar-refractivity contribution >= 4 is 6.21 Å². The molecule has 0 amide bonds. The van der Waals surface area contributed by atoms with E-state index in [1.165, 1.54) is 18.3 Å². The number of rotatable bonds is 1. The molecule has 0 heterocycles. The topological polar surface area (TPSA) is 52.8 Å². The van der Waals surface area contributed by atoms with Crippen LogP contribution in [0.15, 0.2) is 29.4 Å². The number of hydrogen-bond donors (Lipinski definition) is 2. The maximum Gasteiger partial charge on any atom is 0.115 e. The summed E-state index contributed by atoms with van der Waals surface area (Å²) in [5.74, 6) is 0.204. The molecule has 0 bridgehead atoms. The van der Waals surface area contributed by atoms with Gasteiger partial charge in [0.05, 0.1) is 6.21 Å². The van der Waals surface area contributed by atoms with Gasteiger partial charge in [-0.2, -0.15) is 0 Å². The summed E-state index contributed by atoms with van der Waals surface area (Å²) in [6, 6.07) is 6.35. The predicted octanol–water partition coefficient (Wildman–Crippen LogP) is 1.84. The van der Waals surface area contributed by atoms with Gasteiger partial charge in [-0.25, -0.2) is 0 Å². The molecular weight excluding hydrogens is 142 g/mol. The van der Waals surface area contributed by atoms with Crippen LogP contribution in [0, 0.1) is 0 Å². The molecule has 0 atom stereocenters. The lowest BCUT2D eigenvalue weighted by atomic mass is 10.2. The molecule has 60 valence electrons. The van der Waals surface area contributed by atoms with Crippen LogP contribution in [0.3, 0.4) is 0 Å². The summed E-state index contributed by atoms with van der Waals surface area (Å²) in [6.07, 6.45) is 1.29. The Labute approximate surface area is 65.6 Å². The maximum atomic E-state index is 8.82. The van der Waals surface area contributed by atoms with Crippen molar-refractivity contribution in [2.24, 2.45) is 5.16 Å². The summed E-state index contributed by atoms with van der Waals surface area (Å²) >= 11 is 0. The summed E-state index contributed by atoms with van der Waals surface area (Å²) in [4.78, 5) is 0. The molecule has 0 unspecified atom stereocenters. The second-order valence-corrected chi connectivity index (χ2v) is 1.84. The molecular formula is C8H11NO2. The quantitative estimate of drug-likeness (QED) is 0.367. The van der Waals surface area contributed by atoms with Gasteiger partial charge in [0.25, 0.3) is 0 Å². The van der Waals surface area contributed by atoms with Crippen LogP contribution in [0.4, 0.5) is 0 Å². The minimum Gasteiger partial charge on any atom is -0.508 e. The number of benzene rings is 1. The van der Waals surface area contributed by atoms with Crippen molar-refractivity contribution in [3.05, 3.63) is 29.8 Å². The smallest absolute Gasteiger partial charge is 0.115 e. The van der Waals surface area contributed by atoms with E-state index in [1.807, 2.05) is 0 Å². The predicted molar refractivity (Wildman–Crippen MR) is 44.2 cm³/mol. The Morgan fingerprint density at radius 2 is 1.73 bits per heavy atom. The van der Waals surface area contributed by atoms with E-state index in [0.717, 1.165) is 5.56 Å². The third kappa shape index (κ3) is 2.71. The van der Waals surface area contributed by atoms with Gasteiger partial charge in [-0.1, -0.05) is 12.6 Å². The zero-order chi connectivity index (χ0) is 7.40. The molecule has 0 aliphatic heterocycles. The van der Waals surface area contributed by atoms with Crippen molar-refractivity contribution < 1.29 is 10.3 Å². The zero-order valence-corrected chi connectivity index (χ0v) is 5.23. The lowest BCUT2D eigenvalue weighted by Crippen LogP contribution is -1.77. The number of phenols is 1. The zero-order valence-electron chi connectivity index (χ0n) is 5.23. The first kappa shape index (κ1) is 9.49. The van der Waals surface area contributed by atoms with Gasteiger partial charge in [-0.15, -0.1) is 0 Å². The third-order valence-electron chi connectivity index (χ3n) is 1.10. The van der Waals surface area contributed by atoms with E-state index in [9.17, 15) is 0 Å². The van der Waals surface area contributed by atoms with Crippen LogP contribution in [0.25, 0.3) is 0 Å². The molecule has 2 N–H and O–H groups in total. The van der Waals surface area contributed by atoms with E-state index >= 15 is 0 Å². The lowest BCUT2D eigenvalue weighted by Gasteiger charge is -1.90. The highest BCUT2D eigenvalue weighted by Gasteiger charge is 1.86. The SMILES string of the molecule is C.ON=Cc1ccc(O)cc1. The molecule has 0 saturated heterocycles. The van der Waals surface area contributed by atoms with Gasteiger partial charge in [0.2, 0.25) is 0 Å². The fraction of sp³-hybridized carbons (Fsp3) is 0.125. The first-order valence-corrected chi connectivity index (χ1v) is 2.79. The second-order valence-electron chi connectivity index (χ2n) is 1.84. The van der Waals surface area contributed by atoms with Crippen molar-refractivity contribution in [1.82, 2.24) is 0 Å². The van der Waals surface area contributed by atoms with Crippen LogP contribution in [-0.2, 0) is 0 Å². The van der Waals surface area contributed by atoms with Gasteiger partial charge in [-0.05, 0) is 29.8 Å². The highest BCUT2D eigenvalue weighted by Crippen LogP contribution is 2.07. The van der Waals surface area contributed by atoms with Gasteiger partial charge in [0.1, 0.15) is 5.75 Å². The summed E-state index contributed by atoms with van der Waals surface area (Å²) < 4.78 is 0. The van der Waals surface area contributed by atoms with Gasteiger partial charge >= 0.3 is 0 Å². The highest BCUT2D eigenvalue weighted by molar-refractivity contribution is 5.79. The Balaban J connectivity index is 0.000001000. The number of aromatic hydroxyl groups is 1. The molecule has 0 aliphatic carbocycles. The van der Waals surface area contributed by atoms with Gasteiger partial charge in [0.15, 0.2) is 0 Å². The van der Waals surface area contributed by atoms with Gasteiger partial charge in [-0.3, -0.25) is 0 Å². The lowest BCUT2D eigenvalue weighted by molar-refractivity contribution is 0.322. The van der Waals surface area contributed by atoms with E-state index in [2.05, 4.69) is 5.16 Å². The highest BCUT2D eigenvalue weighted by atomic mass is 16.4. The average Bonchev–Trinajstić information content (AvgIpc) is 1.95. The van der Waals surface area contributed by atoms with Crippen LogP contribution in [0.2, 0.25) is 0 Å². The van der Waals surface area contributed by atoms with Crippen molar-refractivity contribution in [3.8, 4) is 5.75 Å². The standard InChI is InChI=1S/C7H7NO2.CH4/c9-7-3-1-6(2-4-7)5-8-10;/h1-5,9-10H;1H4. The fourth-order valence-electron chi connectivity index (χ4n) is 0.627. The van der Waals surface area contributed by atoms with E-state index in [1.54, 1.807) is 12.1 Å². The Hall–Kier alpha value is -1.51. The van der Waals surface area contributed by atoms with Crippen LogP contribution >= 0.6 is 0 Å². The molecule has 3 nitrogen and oxygen atoms in total. The summed E-state index contributed by atoms with van der Waals surface area (Å²) in [6.45, 7) is 0. The van der Waals surface area contributed by atoms with Crippen LogP contribution in [0.5, 0.6) is 5.75 Å². The monoisotopic (exact) mass is 153 g/mol. The molecule has 3 heteroatoms. The van der Waals surface area contributed by atoms with Gasteiger partial charge in [0, 0.05) is 0 Å². The average molecular weight is 153 g/mol. The number of nitrogens with zero attached hydrogens (tertiary/aromatic N) is 1. The number of hydrogen-bond acceptors (Lipinski definition) is 3. The van der Waals surface area contributed by atoms with E-state index in [0.29, 0.717) is 0 Å². The molecule has 1 aromatic carbocycles. The molecule has 0 aliphatic rings. The molecule has 0 spiro atoms. The Morgan fingerprint density at radius 3 is 2.18 bits per heavy atom. The Bertz CT molecular complexity index is 228. The van der Waals surface area contributed by atoms with Crippen molar-refractivity contribution in [1.29, 1.82) is 0 Å². The van der Waals surface area contributed by atoms with Crippen LogP contribution < -0.4 is 0 Å². The summed E-state index contributed by atoms with van der Waals surface area (Å²) in [7, 11) is 0. The van der Waals surface area contributed by atoms with E-state index in [4.69, 9.17) is 10.3 Å². The first-order chi connectivity index (χ1) is 4.83. The Kier molecular flexibility index (Phi) is 3.73. The molecule has 1 aromatic rings. The summed E-state index contributed by atoms with van der Waals surface area (Å²) in [5, 5.41) is 19.7. The normalized spacial score (nSPS) is 9.45. The molecule has 1 rings (SSSR count). The van der Waals surface area contributed by atoms with Gasteiger partial charge < -0.3 is 10.3 Å². The number of oxime groups is 1. The second kappa shape index (κ2) is 4.33. The Morgan fingerprint density at radius 1 is 1.18 bits per heavy atom. The van der Waals surface area contributed by atoms with Crippen LogP contribution in [-0.4, -0.2) is 16.5 Å². The van der Waals surface area contributed by atoms with E-state index < -0.39 is 0 Å². The minimum atomic E-state index is 0. The molecule has 0 radical (unpaired) electrons. The minimum absolute atomic E-state index is 0. The first-order valence-electron chi connectivity index (χ1n) is 2.79. The molecule has 11 heavy (non-hydrogen) atoms. The maximum absolute atomic E-state index is 8.82. The third-order valence-corrected chi connectivity index (χ3v) is 1.10. The number of phenolic OH excluding ortho intramolecular Hbond substituents is 1. The largest absolute Gasteiger partial charge is 0.508 e. The van der Waals surface area contributed by atoms with Crippen LogP contribution in [0.1, 0.15) is 13.0 Å².